The van der Waals surface area contributed by atoms with Gasteiger partial charge in [-0.15, -0.1) is 0 Å². The Morgan fingerprint density at radius 1 is 1.56 bits per heavy atom. The summed E-state index contributed by atoms with van der Waals surface area (Å²) in [5.41, 5.74) is 1.95. The fourth-order valence-electron chi connectivity index (χ4n) is 1.89. The minimum absolute atomic E-state index is 0.0523. The number of aliphatic hydroxyl groups excluding tert-OH is 1. The number of nitrogens with one attached hydrogen (secondary N) is 2. The first-order valence-electron chi connectivity index (χ1n) is 5.76. The van der Waals surface area contributed by atoms with Gasteiger partial charge in [0.05, 0.1) is 13.0 Å². The van der Waals surface area contributed by atoms with Crippen molar-refractivity contribution in [3.8, 4) is 0 Å². The first-order chi connectivity index (χ1) is 8.61. The lowest BCUT2D eigenvalue weighted by Crippen LogP contribution is -2.35. The number of benzene rings is 1. The average molecular weight is 311 g/mol. The molecular formula is C13H15BrN2O2. The zero-order chi connectivity index (χ0) is 13.1. The van der Waals surface area contributed by atoms with E-state index in [9.17, 15) is 4.79 Å². The van der Waals surface area contributed by atoms with E-state index in [1.165, 1.54) is 0 Å². The monoisotopic (exact) mass is 310 g/mol. The number of hydrogen-bond acceptors (Lipinski definition) is 2. The maximum Gasteiger partial charge on any atom is 0.224 e. The van der Waals surface area contributed by atoms with Crippen LogP contribution in [-0.2, 0) is 11.2 Å². The van der Waals surface area contributed by atoms with Gasteiger partial charge in [-0.1, -0.05) is 22.0 Å². The smallest absolute Gasteiger partial charge is 0.224 e. The molecule has 1 atom stereocenters. The lowest BCUT2D eigenvalue weighted by atomic mass is 10.1. The van der Waals surface area contributed by atoms with E-state index >= 15 is 0 Å². The van der Waals surface area contributed by atoms with Gasteiger partial charge in [0.25, 0.3) is 0 Å². The maximum atomic E-state index is 11.8. The second kappa shape index (κ2) is 5.54. The van der Waals surface area contributed by atoms with Gasteiger partial charge in [0, 0.05) is 27.6 Å². The van der Waals surface area contributed by atoms with Crippen LogP contribution in [0.15, 0.2) is 28.9 Å². The molecular weight excluding hydrogens is 296 g/mol. The fourth-order valence-corrected chi connectivity index (χ4v) is 2.51. The van der Waals surface area contributed by atoms with E-state index in [4.69, 9.17) is 5.11 Å². The Bertz CT molecular complexity index is 565. The van der Waals surface area contributed by atoms with Gasteiger partial charge in [-0.05, 0) is 24.6 Å². The van der Waals surface area contributed by atoms with Crippen molar-refractivity contribution in [2.75, 3.05) is 6.61 Å². The number of amides is 1. The molecule has 1 aromatic heterocycles. The molecule has 1 heterocycles. The van der Waals surface area contributed by atoms with Crippen molar-refractivity contribution < 1.29 is 9.90 Å². The Labute approximate surface area is 114 Å². The van der Waals surface area contributed by atoms with Gasteiger partial charge in [0.15, 0.2) is 0 Å². The molecule has 0 aliphatic heterocycles. The van der Waals surface area contributed by atoms with Gasteiger partial charge in [-0.3, -0.25) is 4.79 Å². The number of aromatic nitrogens is 1. The first-order valence-corrected chi connectivity index (χ1v) is 6.56. The zero-order valence-corrected chi connectivity index (χ0v) is 11.6. The molecule has 18 heavy (non-hydrogen) atoms. The number of fused-ring (bicyclic) bond motifs is 1. The topological polar surface area (TPSA) is 65.1 Å². The van der Waals surface area contributed by atoms with Crippen LogP contribution in [0.25, 0.3) is 10.9 Å². The highest BCUT2D eigenvalue weighted by molar-refractivity contribution is 9.10. The lowest BCUT2D eigenvalue weighted by molar-refractivity contribution is -0.121. The van der Waals surface area contributed by atoms with E-state index in [1.807, 2.05) is 24.4 Å². The number of carbonyl (C=O) groups is 1. The van der Waals surface area contributed by atoms with E-state index in [1.54, 1.807) is 6.92 Å². The van der Waals surface area contributed by atoms with Crippen LogP contribution in [0, 0.1) is 0 Å². The summed E-state index contributed by atoms with van der Waals surface area (Å²) in [5.74, 6) is -0.0896. The molecule has 0 spiro atoms. The molecule has 1 unspecified atom stereocenters. The van der Waals surface area contributed by atoms with Crippen LogP contribution in [0.2, 0.25) is 0 Å². The summed E-state index contributed by atoms with van der Waals surface area (Å²) in [6, 6.07) is 5.65. The van der Waals surface area contributed by atoms with Gasteiger partial charge < -0.3 is 15.4 Å². The standard InChI is InChI=1S/C13H15BrN2O2/c1-8(7-17)16-12(18)5-9-6-15-11-4-2-3-10(14)13(9)11/h2-4,6,8,15,17H,5,7H2,1H3,(H,16,18). The Morgan fingerprint density at radius 3 is 3.06 bits per heavy atom. The second-order valence-corrected chi connectivity index (χ2v) is 5.16. The molecule has 96 valence electrons. The quantitative estimate of drug-likeness (QED) is 0.808. The lowest BCUT2D eigenvalue weighted by Gasteiger charge is -2.10. The van der Waals surface area contributed by atoms with E-state index in [0.717, 1.165) is 20.9 Å². The molecule has 0 bridgehead atoms. The van der Waals surface area contributed by atoms with Gasteiger partial charge in [0.2, 0.25) is 5.91 Å². The van der Waals surface area contributed by atoms with Gasteiger partial charge in [0.1, 0.15) is 0 Å². The van der Waals surface area contributed by atoms with Crippen LogP contribution in [0.1, 0.15) is 12.5 Å². The third-order valence-electron chi connectivity index (χ3n) is 2.77. The summed E-state index contributed by atoms with van der Waals surface area (Å²) in [7, 11) is 0. The number of H-pyrrole nitrogens is 1. The van der Waals surface area contributed by atoms with Crippen LogP contribution in [-0.4, -0.2) is 28.6 Å². The molecule has 5 heteroatoms. The summed E-state index contributed by atoms with van der Waals surface area (Å²) < 4.78 is 0.972. The summed E-state index contributed by atoms with van der Waals surface area (Å²) in [6.07, 6.45) is 2.14. The third-order valence-corrected chi connectivity index (χ3v) is 3.43. The summed E-state index contributed by atoms with van der Waals surface area (Å²) >= 11 is 3.49. The normalized spacial score (nSPS) is 12.6. The van der Waals surface area contributed by atoms with Crippen molar-refractivity contribution in [2.24, 2.45) is 0 Å². The molecule has 2 rings (SSSR count). The van der Waals surface area contributed by atoms with E-state index in [0.29, 0.717) is 6.42 Å². The maximum absolute atomic E-state index is 11.8. The zero-order valence-electron chi connectivity index (χ0n) is 10.0. The molecule has 0 saturated carbocycles. The van der Waals surface area contributed by atoms with Crippen molar-refractivity contribution in [3.05, 3.63) is 34.4 Å². The van der Waals surface area contributed by atoms with Gasteiger partial charge in [-0.2, -0.15) is 0 Å². The van der Waals surface area contributed by atoms with Crippen molar-refractivity contribution >= 4 is 32.7 Å². The molecule has 4 nitrogen and oxygen atoms in total. The number of aromatic amines is 1. The predicted molar refractivity (Wildman–Crippen MR) is 74.4 cm³/mol. The molecule has 2 aromatic rings. The summed E-state index contributed by atoms with van der Waals surface area (Å²) in [5, 5.41) is 12.7. The Hall–Kier alpha value is -1.33. The van der Waals surface area contributed by atoms with Crippen LogP contribution >= 0.6 is 15.9 Å². The van der Waals surface area contributed by atoms with Gasteiger partial charge >= 0.3 is 0 Å². The molecule has 0 fully saturated rings. The number of carbonyl (C=O) groups excluding carboxylic acids is 1. The number of halogens is 1. The highest BCUT2D eigenvalue weighted by atomic mass is 79.9. The van der Waals surface area contributed by atoms with Crippen LogP contribution in [0.3, 0.4) is 0 Å². The molecule has 1 aromatic carbocycles. The minimum atomic E-state index is -0.217. The van der Waals surface area contributed by atoms with Crippen molar-refractivity contribution in [2.45, 2.75) is 19.4 Å². The highest BCUT2D eigenvalue weighted by Gasteiger charge is 2.12. The SMILES string of the molecule is CC(CO)NC(=O)Cc1c[nH]c2cccc(Br)c12. The fraction of sp³-hybridized carbons (Fsp3) is 0.308. The minimum Gasteiger partial charge on any atom is -0.394 e. The van der Waals surface area contributed by atoms with Crippen molar-refractivity contribution in [3.63, 3.8) is 0 Å². The van der Waals surface area contributed by atoms with Crippen molar-refractivity contribution in [1.82, 2.24) is 10.3 Å². The largest absolute Gasteiger partial charge is 0.394 e. The Kier molecular flexibility index (Phi) is 4.04. The van der Waals surface area contributed by atoms with E-state index in [2.05, 4.69) is 26.2 Å². The number of aliphatic hydroxyl groups is 1. The highest BCUT2D eigenvalue weighted by Crippen LogP contribution is 2.27. The van der Waals surface area contributed by atoms with E-state index in [-0.39, 0.29) is 18.6 Å². The number of rotatable bonds is 4. The van der Waals surface area contributed by atoms with Crippen LogP contribution in [0.5, 0.6) is 0 Å². The molecule has 3 N–H and O–H groups in total. The molecule has 0 saturated heterocycles. The Morgan fingerprint density at radius 2 is 2.33 bits per heavy atom. The third kappa shape index (κ3) is 2.73. The average Bonchev–Trinajstić information content (AvgIpc) is 2.73. The second-order valence-electron chi connectivity index (χ2n) is 4.30. The number of hydrogen-bond donors (Lipinski definition) is 3. The summed E-state index contributed by atoms with van der Waals surface area (Å²) in [4.78, 5) is 14.9. The van der Waals surface area contributed by atoms with Crippen molar-refractivity contribution in [1.29, 1.82) is 0 Å². The van der Waals surface area contributed by atoms with Gasteiger partial charge in [-0.25, -0.2) is 0 Å². The predicted octanol–water partition coefficient (Wildman–Crippen LogP) is 1.97. The molecule has 0 radical (unpaired) electrons. The summed E-state index contributed by atoms with van der Waals surface area (Å²) in [6.45, 7) is 1.71. The van der Waals surface area contributed by atoms with Crippen LogP contribution < -0.4 is 5.32 Å². The van der Waals surface area contributed by atoms with E-state index < -0.39 is 0 Å². The first kappa shape index (κ1) is 13.1. The van der Waals surface area contributed by atoms with Crippen LogP contribution in [0.4, 0.5) is 0 Å². The Balaban J connectivity index is 2.19. The molecule has 0 aliphatic rings. The molecule has 1 amide bonds. The molecule has 0 aliphatic carbocycles.